The van der Waals surface area contributed by atoms with Crippen LogP contribution in [0.25, 0.3) is 0 Å². The molecule has 0 bridgehead atoms. The number of rotatable bonds is 1. The SMILES string of the molecule is Nc1ccc(Cl)c(C=O)c1F. The molecule has 0 aliphatic heterocycles. The zero-order valence-corrected chi connectivity index (χ0v) is 6.23. The molecule has 0 radical (unpaired) electrons. The Morgan fingerprint density at radius 2 is 2.18 bits per heavy atom. The number of hydrogen-bond acceptors (Lipinski definition) is 2. The van der Waals surface area contributed by atoms with Crippen molar-refractivity contribution in [2.45, 2.75) is 0 Å². The van der Waals surface area contributed by atoms with E-state index in [1.165, 1.54) is 12.1 Å². The number of hydrogen-bond donors (Lipinski definition) is 1. The predicted octanol–water partition coefficient (Wildman–Crippen LogP) is 1.87. The molecule has 0 aliphatic rings. The molecule has 0 aliphatic carbocycles. The molecule has 58 valence electrons. The summed E-state index contributed by atoms with van der Waals surface area (Å²) in [4.78, 5) is 10.2. The molecule has 0 aromatic heterocycles. The molecule has 1 rings (SSSR count). The van der Waals surface area contributed by atoms with Crippen LogP contribution in [-0.4, -0.2) is 6.29 Å². The highest BCUT2D eigenvalue weighted by atomic mass is 35.5. The summed E-state index contributed by atoms with van der Waals surface area (Å²) in [5, 5.41) is 0.0756. The molecule has 0 heterocycles. The lowest BCUT2D eigenvalue weighted by atomic mass is 10.2. The van der Waals surface area contributed by atoms with Crippen LogP contribution in [0, 0.1) is 5.82 Å². The fourth-order valence-corrected chi connectivity index (χ4v) is 0.885. The Balaban J connectivity index is 3.40. The van der Waals surface area contributed by atoms with Gasteiger partial charge in [-0.1, -0.05) is 11.6 Å². The first-order valence-electron chi connectivity index (χ1n) is 2.85. The van der Waals surface area contributed by atoms with Gasteiger partial charge in [0.1, 0.15) is 0 Å². The fraction of sp³-hybridized carbons (Fsp3) is 0. The maximum absolute atomic E-state index is 12.8. The molecule has 2 N–H and O–H groups in total. The van der Waals surface area contributed by atoms with Crippen LogP contribution in [0.2, 0.25) is 5.02 Å². The van der Waals surface area contributed by atoms with Crippen molar-refractivity contribution in [3.63, 3.8) is 0 Å². The third kappa shape index (κ3) is 1.33. The Labute approximate surface area is 67.8 Å². The van der Waals surface area contributed by atoms with Gasteiger partial charge in [0.05, 0.1) is 16.3 Å². The highest BCUT2D eigenvalue weighted by Gasteiger charge is 2.08. The van der Waals surface area contributed by atoms with E-state index in [-0.39, 0.29) is 16.3 Å². The molecule has 2 nitrogen and oxygen atoms in total. The molecule has 0 atom stereocenters. The molecule has 4 heteroatoms. The smallest absolute Gasteiger partial charge is 0.158 e. The van der Waals surface area contributed by atoms with Crippen molar-refractivity contribution in [1.29, 1.82) is 0 Å². The number of aldehydes is 1. The molecule has 0 fully saturated rings. The van der Waals surface area contributed by atoms with E-state index in [1.54, 1.807) is 0 Å². The van der Waals surface area contributed by atoms with Gasteiger partial charge in [-0.05, 0) is 12.1 Å². The van der Waals surface area contributed by atoms with Crippen molar-refractivity contribution in [2.24, 2.45) is 0 Å². The minimum Gasteiger partial charge on any atom is -0.396 e. The maximum Gasteiger partial charge on any atom is 0.158 e. The lowest BCUT2D eigenvalue weighted by molar-refractivity contribution is 0.112. The summed E-state index contributed by atoms with van der Waals surface area (Å²) in [6, 6.07) is 2.69. The van der Waals surface area contributed by atoms with Crippen molar-refractivity contribution in [1.82, 2.24) is 0 Å². The number of halogens is 2. The second-order valence-electron chi connectivity index (χ2n) is 1.98. The Kier molecular flexibility index (Phi) is 2.10. The summed E-state index contributed by atoms with van der Waals surface area (Å²) in [5.41, 5.74) is 4.91. The summed E-state index contributed by atoms with van der Waals surface area (Å²) in [6.45, 7) is 0. The van der Waals surface area contributed by atoms with E-state index in [0.29, 0.717) is 6.29 Å². The van der Waals surface area contributed by atoms with Gasteiger partial charge in [-0.2, -0.15) is 0 Å². The van der Waals surface area contributed by atoms with E-state index in [2.05, 4.69) is 0 Å². The zero-order valence-electron chi connectivity index (χ0n) is 5.47. The molecule has 0 amide bonds. The Hall–Kier alpha value is -1.09. The van der Waals surface area contributed by atoms with Gasteiger partial charge in [-0.3, -0.25) is 4.79 Å². The lowest BCUT2D eigenvalue weighted by Gasteiger charge is -1.99. The lowest BCUT2D eigenvalue weighted by Crippen LogP contribution is -1.96. The van der Waals surface area contributed by atoms with Crippen molar-refractivity contribution in [2.75, 3.05) is 5.73 Å². The average Bonchev–Trinajstić information content (AvgIpc) is 1.99. The van der Waals surface area contributed by atoms with Crippen molar-refractivity contribution < 1.29 is 9.18 Å². The zero-order chi connectivity index (χ0) is 8.43. The minimum absolute atomic E-state index is 0.0727. The molecule has 0 saturated carbocycles. The van der Waals surface area contributed by atoms with Crippen LogP contribution in [0.1, 0.15) is 10.4 Å². The first kappa shape index (κ1) is 8.01. The molecular weight excluding hydrogens is 169 g/mol. The van der Waals surface area contributed by atoms with E-state index in [4.69, 9.17) is 17.3 Å². The average molecular weight is 174 g/mol. The van der Waals surface area contributed by atoms with Gasteiger partial charge in [0, 0.05) is 0 Å². The quantitative estimate of drug-likeness (QED) is 0.521. The monoisotopic (exact) mass is 173 g/mol. The summed E-state index contributed by atoms with van der Waals surface area (Å²) < 4.78 is 12.8. The van der Waals surface area contributed by atoms with E-state index in [0.717, 1.165) is 0 Å². The van der Waals surface area contributed by atoms with Gasteiger partial charge in [-0.25, -0.2) is 4.39 Å². The topological polar surface area (TPSA) is 43.1 Å². The van der Waals surface area contributed by atoms with Gasteiger partial charge in [0.15, 0.2) is 12.1 Å². The normalized spacial score (nSPS) is 9.64. The highest BCUT2D eigenvalue weighted by Crippen LogP contribution is 2.21. The number of carbonyl (C=O) groups is 1. The predicted molar refractivity (Wildman–Crippen MR) is 41.2 cm³/mol. The summed E-state index contributed by atoms with van der Waals surface area (Å²) in [5.74, 6) is -0.757. The number of carbonyl (C=O) groups excluding carboxylic acids is 1. The largest absolute Gasteiger partial charge is 0.396 e. The molecule has 0 saturated heterocycles. The highest BCUT2D eigenvalue weighted by molar-refractivity contribution is 6.33. The number of benzene rings is 1. The molecule has 0 spiro atoms. The molecule has 1 aromatic carbocycles. The van der Waals surface area contributed by atoms with E-state index < -0.39 is 5.82 Å². The van der Waals surface area contributed by atoms with Gasteiger partial charge >= 0.3 is 0 Å². The van der Waals surface area contributed by atoms with Crippen LogP contribution in [0.5, 0.6) is 0 Å². The summed E-state index contributed by atoms with van der Waals surface area (Å²) in [7, 11) is 0. The van der Waals surface area contributed by atoms with Gasteiger partial charge in [-0.15, -0.1) is 0 Å². The maximum atomic E-state index is 12.8. The third-order valence-electron chi connectivity index (χ3n) is 1.27. The Morgan fingerprint density at radius 1 is 1.55 bits per heavy atom. The molecule has 1 aromatic rings. The van der Waals surface area contributed by atoms with Crippen LogP contribution in [0.4, 0.5) is 10.1 Å². The number of nitrogen functional groups attached to an aromatic ring is 1. The standard InChI is InChI=1S/C7H5ClFNO/c8-5-1-2-6(10)7(9)4(5)3-11/h1-3H,10H2. The van der Waals surface area contributed by atoms with Crippen LogP contribution < -0.4 is 5.73 Å². The second kappa shape index (κ2) is 2.88. The number of anilines is 1. The van der Waals surface area contributed by atoms with Crippen molar-refractivity contribution >= 4 is 23.6 Å². The van der Waals surface area contributed by atoms with Crippen LogP contribution >= 0.6 is 11.6 Å². The molecule has 0 unspecified atom stereocenters. The van der Waals surface area contributed by atoms with Crippen LogP contribution in [0.15, 0.2) is 12.1 Å². The van der Waals surface area contributed by atoms with Crippen LogP contribution in [-0.2, 0) is 0 Å². The summed E-state index contributed by atoms with van der Waals surface area (Å²) in [6.07, 6.45) is 0.341. The first-order valence-corrected chi connectivity index (χ1v) is 3.23. The first-order chi connectivity index (χ1) is 5.16. The van der Waals surface area contributed by atoms with Crippen molar-refractivity contribution in [3.05, 3.63) is 28.5 Å². The Morgan fingerprint density at radius 3 is 2.64 bits per heavy atom. The van der Waals surface area contributed by atoms with Crippen molar-refractivity contribution in [3.8, 4) is 0 Å². The molecule has 11 heavy (non-hydrogen) atoms. The fourth-order valence-electron chi connectivity index (χ4n) is 0.694. The third-order valence-corrected chi connectivity index (χ3v) is 1.60. The Bertz CT molecular complexity index is 301. The van der Waals surface area contributed by atoms with Gasteiger partial charge < -0.3 is 5.73 Å². The van der Waals surface area contributed by atoms with E-state index in [9.17, 15) is 9.18 Å². The second-order valence-corrected chi connectivity index (χ2v) is 2.39. The van der Waals surface area contributed by atoms with Gasteiger partial charge in [0.2, 0.25) is 0 Å². The van der Waals surface area contributed by atoms with E-state index >= 15 is 0 Å². The van der Waals surface area contributed by atoms with Crippen LogP contribution in [0.3, 0.4) is 0 Å². The van der Waals surface area contributed by atoms with Gasteiger partial charge in [0.25, 0.3) is 0 Å². The minimum atomic E-state index is -0.757. The van der Waals surface area contributed by atoms with E-state index in [1.807, 2.05) is 0 Å². The molecular formula is C7H5ClFNO. The summed E-state index contributed by atoms with van der Waals surface area (Å²) >= 11 is 5.47. The number of nitrogens with two attached hydrogens (primary N) is 1.